The normalized spacial score (nSPS) is 29.1. The fraction of sp³-hybridized carbons (Fsp3) is 1.00. The molecule has 1 aliphatic carbocycles. The Labute approximate surface area is 88.2 Å². The third-order valence-electron chi connectivity index (χ3n) is 3.23. The summed E-state index contributed by atoms with van der Waals surface area (Å²) in [5.41, 5.74) is 5.81. The molecule has 2 heteroatoms. The maximum Gasteiger partial charge on any atom is 0.0575 e. The fourth-order valence-corrected chi connectivity index (χ4v) is 1.80. The van der Waals surface area contributed by atoms with Crippen molar-refractivity contribution in [1.29, 1.82) is 0 Å². The summed E-state index contributed by atoms with van der Waals surface area (Å²) in [5, 5.41) is 0. The second-order valence-electron chi connectivity index (χ2n) is 5.56. The molecule has 1 fully saturated rings. The molecule has 2 nitrogen and oxygen atoms in total. The first-order valence-corrected chi connectivity index (χ1v) is 5.85. The molecule has 0 spiro atoms. The third-order valence-corrected chi connectivity index (χ3v) is 3.23. The van der Waals surface area contributed by atoms with Crippen molar-refractivity contribution in [2.24, 2.45) is 17.1 Å². The highest BCUT2D eigenvalue weighted by Gasteiger charge is 2.22. The molecule has 0 aromatic heterocycles. The lowest BCUT2D eigenvalue weighted by Gasteiger charge is -2.30. The van der Waals surface area contributed by atoms with Crippen LogP contribution in [-0.4, -0.2) is 19.3 Å². The van der Waals surface area contributed by atoms with Gasteiger partial charge in [-0.1, -0.05) is 20.8 Å². The summed E-state index contributed by atoms with van der Waals surface area (Å²) in [6.07, 6.45) is 5.63. The van der Waals surface area contributed by atoms with Crippen molar-refractivity contribution in [2.75, 3.05) is 13.2 Å². The van der Waals surface area contributed by atoms with Crippen LogP contribution >= 0.6 is 0 Å². The monoisotopic (exact) mass is 199 g/mol. The number of ether oxygens (including phenoxy) is 1. The van der Waals surface area contributed by atoms with E-state index >= 15 is 0 Å². The topological polar surface area (TPSA) is 35.2 Å². The van der Waals surface area contributed by atoms with E-state index in [4.69, 9.17) is 10.5 Å². The van der Waals surface area contributed by atoms with Gasteiger partial charge in [0.25, 0.3) is 0 Å². The predicted octanol–water partition coefficient (Wildman–Crippen LogP) is 2.57. The van der Waals surface area contributed by atoms with Crippen LogP contribution in [-0.2, 0) is 4.74 Å². The lowest BCUT2D eigenvalue weighted by atomic mass is 9.88. The highest BCUT2D eigenvalue weighted by molar-refractivity contribution is 4.73. The van der Waals surface area contributed by atoms with Gasteiger partial charge in [-0.25, -0.2) is 0 Å². The van der Waals surface area contributed by atoms with Crippen LogP contribution < -0.4 is 5.73 Å². The summed E-state index contributed by atoms with van der Waals surface area (Å²) in [6, 6.07) is 0. The van der Waals surface area contributed by atoms with Crippen molar-refractivity contribution in [3.05, 3.63) is 0 Å². The molecule has 0 unspecified atom stereocenters. The Kier molecular flexibility index (Phi) is 4.39. The molecule has 1 aliphatic rings. The van der Waals surface area contributed by atoms with E-state index < -0.39 is 0 Å². The van der Waals surface area contributed by atoms with Crippen molar-refractivity contribution in [1.82, 2.24) is 0 Å². The van der Waals surface area contributed by atoms with Crippen LogP contribution in [0.1, 0.15) is 46.5 Å². The molecule has 0 aromatic carbocycles. The van der Waals surface area contributed by atoms with E-state index in [2.05, 4.69) is 20.8 Å². The van der Waals surface area contributed by atoms with E-state index in [1.165, 1.54) is 25.7 Å². The number of hydrogen-bond acceptors (Lipinski definition) is 2. The first kappa shape index (κ1) is 12.0. The first-order chi connectivity index (χ1) is 6.53. The second kappa shape index (κ2) is 5.13. The fourth-order valence-electron chi connectivity index (χ4n) is 1.80. The smallest absolute Gasteiger partial charge is 0.0575 e. The summed E-state index contributed by atoms with van der Waals surface area (Å²) >= 11 is 0. The molecular formula is C12H25NO. The molecule has 1 rings (SSSR count). The van der Waals surface area contributed by atoms with Crippen molar-refractivity contribution in [3.8, 4) is 0 Å². The molecule has 84 valence electrons. The molecule has 0 radical (unpaired) electrons. The Balaban J connectivity index is 2.19. The SMILES string of the molecule is CC1CCC(OCC(C)(C)CN)CC1. The maximum absolute atomic E-state index is 5.91. The zero-order valence-electron chi connectivity index (χ0n) is 9.88. The van der Waals surface area contributed by atoms with Gasteiger partial charge in [0.15, 0.2) is 0 Å². The molecule has 2 N–H and O–H groups in total. The summed E-state index contributed by atoms with van der Waals surface area (Å²) in [7, 11) is 0. The van der Waals surface area contributed by atoms with Crippen molar-refractivity contribution < 1.29 is 4.74 Å². The Morgan fingerprint density at radius 3 is 2.29 bits per heavy atom. The minimum atomic E-state index is 0.142. The molecule has 0 saturated heterocycles. The van der Waals surface area contributed by atoms with Gasteiger partial charge in [-0.05, 0) is 38.1 Å². The van der Waals surface area contributed by atoms with Gasteiger partial charge >= 0.3 is 0 Å². The average Bonchev–Trinajstić information content (AvgIpc) is 2.17. The molecule has 0 aliphatic heterocycles. The van der Waals surface area contributed by atoms with Gasteiger partial charge in [-0.3, -0.25) is 0 Å². The van der Waals surface area contributed by atoms with Crippen LogP contribution in [0, 0.1) is 11.3 Å². The second-order valence-corrected chi connectivity index (χ2v) is 5.56. The summed E-state index contributed by atoms with van der Waals surface area (Å²) in [4.78, 5) is 0. The van der Waals surface area contributed by atoms with Gasteiger partial charge in [0.1, 0.15) is 0 Å². The minimum Gasteiger partial charge on any atom is -0.378 e. The van der Waals surface area contributed by atoms with E-state index in [0.29, 0.717) is 12.6 Å². The molecule has 0 aromatic rings. The van der Waals surface area contributed by atoms with E-state index in [1.807, 2.05) is 0 Å². The van der Waals surface area contributed by atoms with Crippen LogP contribution in [0.3, 0.4) is 0 Å². The molecule has 1 saturated carbocycles. The molecule has 0 heterocycles. The molecule has 0 bridgehead atoms. The number of hydrogen-bond donors (Lipinski definition) is 1. The molecule has 0 atom stereocenters. The lowest BCUT2D eigenvalue weighted by Crippen LogP contribution is -2.32. The van der Waals surface area contributed by atoms with Gasteiger partial charge in [0, 0.05) is 5.41 Å². The molecule has 14 heavy (non-hydrogen) atoms. The average molecular weight is 199 g/mol. The Morgan fingerprint density at radius 1 is 1.21 bits per heavy atom. The quantitative estimate of drug-likeness (QED) is 0.755. The minimum absolute atomic E-state index is 0.142. The van der Waals surface area contributed by atoms with Crippen LogP contribution in [0.4, 0.5) is 0 Å². The van der Waals surface area contributed by atoms with E-state index in [-0.39, 0.29) is 5.41 Å². The zero-order chi connectivity index (χ0) is 10.6. The van der Waals surface area contributed by atoms with Crippen molar-refractivity contribution >= 4 is 0 Å². The largest absolute Gasteiger partial charge is 0.378 e. The van der Waals surface area contributed by atoms with Gasteiger partial charge < -0.3 is 10.5 Å². The Morgan fingerprint density at radius 2 is 1.79 bits per heavy atom. The predicted molar refractivity (Wildman–Crippen MR) is 60.2 cm³/mol. The van der Waals surface area contributed by atoms with Gasteiger partial charge in [0.2, 0.25) is 0 Å². The highest BCUT2D eigenvalue weighted by Crippen LogP contribution is 2.26. The highest BCUT2D eigenvalue weighted by atomic mass is 16.5. The van der Waals surface area contributed by atoms with E-state index in [9.17, 15) is 0 Å². The van der Waals surface area contributed by atoms with Gasteiger partial charge in [-0.2, -0.15) is 0 Å². The number of nitrogens with two attached hydrogens (primary N) is 1. The number of rotatable bonds is 4. The molecule has 0 amide bonds. The van der Waals surface area contributed by atoms with Crippen molar-refractivity contribution in [2.45, 2.75) is 52.6 Å². The Hall–Kier alpha value is -0.0800. The van der Waals surface area contributed by atoms with E-state index in [1.54, 1.807) is 0 Å². The van der Waals surface area contributed by atoms with Crippen LogP contribution in [0.5, 0.6) is 0 Å². The lowest BCUT2D eigenvalue weighted by molar-refractivity contribution is -0.0181. The first-order valence-electron chi connectivity index (χ1n) is 5.85. The van der Waals surface area contributed by atoms with Gasteiger partial charge in [0.05, 0.1) is 12.7 Å². The summed E-state index contributed by atoms with van der Waals surface area (Å²) in [6.45, 7) is 8.18. The van der Waals surface area contributed by atoms with Crippen molar-refractivity contribution in [3.63, 3.8) is 0 Å². The zero-order valence-corrected chi connectivity index (χ0v) is 9.88. The third kappa shape index (κ3) is 3.97. The van der Waals surface area contributed by atoms with Gasteiger partial charge in [-0.15, -0.1) is 0 Å². The summed E-state index contributed by atoms with van der Waals surface area (Å²) in [5.74, 6) is 0.900. The Bertz CT molecular complexity index is 160. The van der Waals surface area contributed by atoms with Crippen LogP contribution in [0.2, 0.25) is 0 Å². The van der Waals surface area contributed by atoms with Crippen LogP contribution in [0.15, 0.2) is 0 Å². The maximum atomic E-state index is 5.91. The van der Waals surface area contributed by atoms with E-state index in [0.717, 1.165) is 12.5 Å². The summed E-state index contributed by atoms with van der Waals surface area (Å²) < 4.78 is 5.91. The van der Waals surface area contributed by atoms with Crippen LogP contribution in [0.25, 0.3) is 0 Å². The molecular weight excluding hydrogens is 174 g/mol. The standard InChI is InChI=1S/C12H25NO/c1-10-4-6-11(7-5-10)14-9-12(2,3)8-13/h10-11H,4-9,13H2,1-3H3.